The van der Waals surface area contributed by atoms with Gasteiger partial charge in [0.1, 0.15) is 13.2 Å². The van der Waals surface area contributed by atoms with Crippen molar-refractivity contribution < 1.29 is 37.0 Å². The van der Waals surface area contributed by atoms with Gasteiger partial charge in [-0.3, -0.25) is 4.79 Å². The van der Waals surface area contributed by atoms with Crippen LogP contribution in [0.25, 0.3) is 0 Å². The number of rotatable bonds is 4. The fourth-order valence-electron chi connectivity index (χ4n) is 3.49. The van der Waals surface area contributed by atoms with E-state index in [4.69, 9.17) is 18.9 Å². The zero-order valence-corrected chi connectivity index (χ0v) is 16.0. The molecule has 0 aromatic heterocycles. The number of carbonyl (C=O) groups is 2. The van der Waals surface area contributed by atoms with Crippen LogP contribution in [0.15, 0.2) is 23.1 Å². The summed E-state index contributed by atoms with van der Waals surface area (Å²) in [6.07, 6.45) is 0.198. The predicted octanol–water partition coefficient (Wildman–Crippen LogP) is 0.717. The molecular formula is C18H21NO8S. The van der Waals surface area contributed by atoms with Crippen molar-refractivity contribution >= 4 is 22.0 Å². The van der Waals surface area contributed by atoms with Gasteiger partial charge >= 0.3 is 11.9 Å². The molecule has 0 bridgehead atoms. The van der Waals surface area contributed by atoms with E-state index in [1.165, 1.54) is 16.4 Å². The number of fused-ring (bicyclic) bond motifs is 1. The van der Waals surface area contributed by atoms with Gasteiger partial charge in [0.25, 0.3) is 0 Å². The number of hydrogen-bond acceptors (Lipinski definition) is 8. The summed E-state index contributed by atoms with van der Waals surface area (Å²) in [6, 6.07) is 4.55. The number of esters is 2. The summed E-state index contributed by atoms with van der Waals surface area (Å²) in [6.45, 7) is 1.46. The highest BCUT2D eigenvalue weighted by atomic mass is 32.2. The zero-order valence-electron chi connectivity index (χ0n) is 15.2. The lowest BCUT2D eigenvalue weighted by molar-refractivity contribution is -0.164. The largest absolute Gasteiger partial charge is 0.486 e. The van der Waals surface area contributed by atoms with E-state index in [1.54, 1.807) is 6.07 Å². The van der Waals surface area contributed by atoms with Gasteiger partial charge in [-0.15, -0.1) is 0 Å². The van der Waals surface area contributed by atoms with Crippen LogP contribution in [0.3, 0.4) is 0 Å². The van der Waals surface area contributed by atoms with Gasteiger partial charge in [0, 0.05) is 25.6 Å². The maximum Gasteiger partial charge on any atom is 0.347 e. The van der Waals surface area contributed by atoms with E-state index in [2.05, 4.69) is 0 Å². The Morgan fingerprint density at radius 2 is 1.71 bits per heavy atom. The Hall–Kier alpha value is -2.33. The maximum atomic E-state index is 12.9. The molecule has 3 heterocycles. The van der Waals surface area contributed by atoms with Crippen LogP contribution in [0.5, 0.6) is 11.5 Å². The van der Waals surface area contributed by atoms with Crippen molar-refractivity contribution in [1.82, 2.24) is 4.31 Å². The molecule has 0 amide bonds. The number of sulfonamides is 1. The normalized spacial score (nSPS) is 23.3. The minimum atomic E-state index is -3.70. The molecule has 28 heavy (non-hydrogen) atoms. The number of cyclic esters (lactones) is 1. The van der Waals surface area contributed by atoms with E-state index < -0.39 is 34.0 Å². The smallest absolute Gasteiger partial charge is 0.347 e. The van der Waals surface area contributed by atoms with Crippen LogP contribution < -0.4 is 9.47 Å². The SMILES string of the molecule is O=C(OC1CCOC1=O)C1CCN(S(=O)(=O)c2ccc3c(c2)OCCO3)CC1. The van der Waals surface area contributed by atoms with E-state index in [1.807, 2.05) is 0 Å². The topological polar surface area (TPSA) is 108 Å². The molecule has 0 aliphatic carbocycles. The molecule has 1 aromatic rings. The van der Waals surface area contributed by atoms with Gasteiger partial charge in [-0.25, -0.2) is 13.2 Å². The van der Waals surface area contributed by atoms with Crippen LogP contribution in [0.4, 0.5) is 0 Å². The summed E-state index contributed by atoms with van der Waals surface area (Å²) < 4.78 is 48.1. The summed E-state index contributed by atoms with van der Waals surface area (Å²) >= 11 is 0. The Morgan fingerprint density at radius 3 is 2.39 bits per heavy atom. The molecule has 0 radical (unpaired) electrons. The van der Waals surface area contributed by atoms with Crippen LogP contribution >= 0.6 is 0 Å². The molecule has 1 unspecified atom stereocenters. The minimum absolute atomic E-state index is 0.131. The first-order valence-corrected chi connectivity index (χ1v) is 10.7. The lowest BCUT2D eigenvalue weighted by atomic mass is 9.98. The molecule has 1 atom stereocenters. The Labute approximate surface area is 162 Å². The Morgan fingerprint density at radius 1 is 1.00 bits per heavy atom. The van der Waals surface area contributed by atoms with Gasteiger partial charge in [0.15, 0.2) is 11.5 Å². The first kappa shape index (κ1) is 19.0. The highest BCUT2D eigenvalue weighted by Gasteiger charge is 2.36. The number of ether oxygens (including phenoxy) is 4. The fourth-order valence-corrected chi connectivity index (χ4v) is 4.97. The molecule has 0 N–H and O–H groups in total. The summed E-state index contributed by atoms with van der Waals surface area (Å²) in [5.74, 6) is -0.487. The van der Waals surface area contributed by atoms with Gasteiger partial charge in [-0.05, 0) is 25.0 Å². The Kier molecular flexibility index (Phi) is 5.15. The first-order chi connectivity index (χ1) is 13.4. The molecule has 10 heteroatoms. The first-order valence-electron chi connectivity index (χ1n) is 9.22. The summed E-state index contributed by atoms with van der Waals surface area (Å²) in [7, 11) is -3.70. The van der Waals surface area contributed by atoms with E-state index in [0.29, 0.717) is 44.0 Å². The lowest BCUT2D eigenvalue weighted by Gasteiger charge is -2.30. The van der Waals surface area contributed by atoms with Gasteiger partial charge in [0.2, 0.25) is 16.1 Å². The average Bonchev–Trinajstić information content (AvgIpc) is 3.12. The quantitative estimate of drug-likeness (QED) is 0.667. The standard InChI is InChI=1S/C18H21NO8S/c20-17(27-15-5-8-26-18(15)21)12-3-6-19(7-4-12)28(22,23)13-1-2-14-16(11-13)25-10-9-24-14/h1-2,11-12,15H,3-10H2. The molecule has 2 fully saturated rings. The third-order valence-electron chi connectivity index (χ3n) is 5.08. The van der Waals surface area contributed by atoms with E-state index in [0.717, 1.165) is 0 Å². The minimum Gasteiger partial charge on any atom is -0.486 e. The number of carbonyl (C=O) groups excluding carboxylic acids is 2. The third-order valence-corrected chi connectivity index (χ3v) is 6.98. The number of hydrogen-bond donors (Lipinski definition) is 0. The van der Waals surface area contributed by atoms with Crippen LogP contribution in [-0.2, 0) is 29.1 Å². The molecule has 0 spiro atoms. The van der Waals surface area contributed by atoms with Crippen LogP contribution in [0, 0.1) is 5.92 Å². The molecule has 3 aliphatic heterocycles. The van der Waals surface area contributed by atoms with Crippen LogP contribution in [0.1, 0.15) is 19.3 Å². The van der Waals surface area contributed by atoms with Gasteiger partial charge in [0.05, 0.1) is 17.4 Å². The average molecular weight is 411 g/mol. The second-order valence-electron chi connectivity index (χ2n) is 6.87. The summed E-state index contributed by atoms with van der Waals surface area (Å²) in [4.78, 5) is 23.8. The van der Waals surface area contributed by atoms with E-state index in [9.17, 15) is 18.0 Å². The number of nitrogens with zero attached hydrogens (tertiary/aromatic N) is 1. The van der Waals surface area contributed by atoms with E-state index >= 15 is 0 Å². The van der Waals surface area contributed by atoms with Crippen molar-refractivity contribution in [3.63, 3.8) is 0 Å². The molecular weight excluding hydrogens is 390 g/mol. The number of piperidine rings is 1. The molecule has 1 aromatic carbocycles. The van der Waals surface area contributed by atoms with Gasteiger partial charge in [-0.2, -0.15) is 4.31 Å². The second kappa shape index (κ2) is 7.59. The molecule has 152 valence electrons. The van der Waals surface area contributed by atoms with Crippen molar-refractivity contribution in [3.05, 3.63) is 18.2 Å². The maximum absolute atomic E-state index is 12.9. The predicted molar refractivity (Wildman–Crippen MR) is 94.4 cm³/mol. The molecule has 0 saturated carbocycles. The van der Waals surface area contributed by atoms with Crippen molar-refractivity contribution in [2.24, 2.45) is 5.92 Å². The highest BCUT2D eigenvalue weighted by Crippen LogP contribution is 2.34. The van der Waals surface area contributed by atoms with Crippen molar-refractivity contribution in [2.75, 3.05) is 32.9 Å². The molecule has 9 nitrogen and oxygen atoms in total. The van der Waals surface area contributed by atoms with Gasteiger partial charge < -0.3 is 18.9 Å². The monoisotopic (exact) mass is 411 g/mol. The lowest BCUT2D eigenvalue weighted by Crippen LogP contribution is -2.41. The fraction of sp³-hybridized carbons (Fsp3) is 0.556. The van der Waals surface area contributed by atoms with Crippen molar-refractivity contribution in [3.8, 4) is 11.5 Å². The second-order valence-corrected chi connectivity index (χ2v) is 8.80. The molecule has 4 rings (SSSR count). The summed E-state index contributed by atoms with van der Waals surface area (Å²) in [5.41, 5.74) is 0. The Bertz CT molecular complexity index is 876. The van der Waals surface area contributed by atoms with Crippen LogP contribution in [-0.4, -0.2) is 63.7 Å². The van der Waals surface area contributed by atoms with Crippen LogP contribution in [0.2, 0.25) is 0 Å². The number of benzene rings is 1. The van der Waals surface area contributed by atoms with E-state index in [-0.39, 0.29) is 24.6 Å². The van der Waals surface area contributed by atoms with Gasteiger partial charge in [-0.1, -0.05) is 0 Å². The molecule has 2 saturated heterocycles. The molecule has 3 aliphatic rings. The third kappa shape index (κ3) is 3.66. The zero-order chi connectivity index (χ0) is 19.7. The van der Waals surface area contributed by atoms with Crippen molar-refractivity contribution in [1.29, 1.82) is 0 Å². The Balaban J connectivity index is 1.38. The highest BCUT2D eigenvalue weighted by molar-refractivity contribution is 7.89. The van der Waals surface area contributed by atoms with Crippen molar-refractivity contribution in [2.45, 2.75) is 30.3 Å². The summed E-state index contributed by atoms with van der Waals surface area (Å²) in [5, 5.41) is 0.